The van der Waals surface area contributed by atoms with Crippen molar-refractivity contribution in [1.29, 1.82) is 0 Å². The highest BCUT2D eigenvalue weighted by atomic mass is 19.4. The van der Waals surface area contributed by atoms with Gasteiger partial charge in [-0.1, -0.05) is 30.3 Å². The van der Waals surface area contributed by atoms with Gasteiger partial charge in [0, 0.05) is 29.2 Å². The van der Waals surface area contributed by atoms with Crippen molar-refractivity contribution in [2.24, 2.45) is 0 Å². The zero-order chi connectivity index (χ0) is 21.6. The molecule has 0 aliphatic rings. The summed E-state index contributed by atoms with van der Waals surface area (Å²) in [4.78, 5) is 9.18. The van der Waals surface area contributed by atoms with E-state index in [4.69, 9.17) is 4.42 Å². The van der Waals surface area contributed by atoms with E-state index in [1.165, 1.54) is 12.1 Å². The van der Waals surface area contributed by atoms with Crippen LogP contribution in [0.5, 0.6) is 0 Å². The van der Waals surface area contributed by atoms with Crippen LogP contribution in [-0.4, -0.2) is 17.6 Å². The molecule has 0 saturated heterocycles. The van der Waals surface area contributed by atoms with Crippen LogP contribution in [0.2, 0.25) is 0 Å². The van der Waals surface area contributed by atoms with Crippen LogP contribution in [0.15, 0.2) is 77.5 Å². The zero-order valence-corrected chi connectivity index (χ0v) is 16.2. The van der Waals surface area contributed by atoms with Gasteiger partial charge in [-0.05, 0) is 42.8 Å². The lowest BCUT2D eigenvalue weighted by Gasteiger charge is -2.10. The predicted molar refractivity (Wildman–Crippen MR) is 108 cm³/mol. The second kappa shape index (κ2) is 9.35. The first-order valence-electron chi connectivity index (χ1n) is 9.27. The standard InChI is InChI=1S/C20H14F3NO.C3H6O2/c21-20(22,23)15-6-3-5-14(11-15)12-24-13-17(19-9-4-10-25-19)16-7-1-2-8-18(16)24;1-2-5-3-4/h1-11,13H,12H2;3H,2H2,1H3. The monoisotopic (exact) mass is 415 g/mol. The van der Waals surface area contributed by atoms with E-state index in [1.807, 2.05) is 47.2 Å². The Balaban J connectivity index is 0.000000461. The average Bonchev–Trinajstić information content (AvgIpc) is 3.37. The van der Waals surface area contributed by atoms with Crippen LogP contribution in [-0.2, 0) is 22.3 Å². The van der Waals surface area contributed by atoms with Gasteiger partial charge in [0.2, 0.25) is 0 Å². The van der Waals surface area contributed by atoms with Gasteiger partial charge in [-0.15, -0.1) is 0 Å². The molecular formula is C23H20F3NO3. The summed E-state index contributed by atoms with van der Waals surface area (Å²) in [5.41, 5.74) is 1.84. The topological polar surface area (TPSA) is 44.4 Å². The summed E-state index contributed by atoms with van der Waals surface area (Å²) in [7, 11) is 0. The number of halogens is 3. The molecule has 2 heterocycles. The van der Waals surface area contributed by atoms with Crippen LogP contribution < -0.4 is 0 Å². The molecule has 2 aromatic heterocycles. The Morgan fingerprint density at radius 3 is 2.50 bits per heavy atom. The maximum Gasteiger partial charge on any atom is 0.416 e. The number of ether oxygens (including phenoxy) is 1. The zero-order valence-electron chi connectivity index (χ0n) is 16.2. The molecule has 4 rings (SSSR count). The summed E-state index contributed by atoms with van der Waals surface area (Å²) >= 11 is 0. The highest BCUT2D eigenvalue weighted by molar-refractivity contribution is 5.94. The number of benzene rings is 2. The van der Waals surface area contributed by atoms with Crippen molar-refractivity contribution in [2.75, 3.05) is 6.61 Å². The summed E-state index contributed by atoms with van der Waals surface area (Å²) in [6.45, 7) is 3.02. The van der Waals surface area contributed by atoms with E-state index in [1.54, 1.807) is 19.3 Å². The molecule has 2 aromatic carbocycles. The van der Waals surface area contributed by atoms with E-state index < -0.39 is 11.7 Å². The molecule has 0 unspecified atom stereocenters. The minimum Gasteiger partial charge on any atom is -0.468 e. The van der Waals surface area contributed by atoms with E-state index in [0.29, 0.717) is 25.2 Å². The molecule has 30 heavy (non-hydrogen) atoms. The average molecular weight is 415 g/mol. The van der Waals surface area contributed by atoms with Crippen molar-refractivity contribution in [1.82, 2.24) is 4.57 Å². The fraction of sp³-hybridized carbons (Fsp3) is 0.174. The second-order valence-electron chi connectivity index (χ2n) is 6.41. The summed E-state index contributed by atoms with van der Waals surface area (Å²) in [5, 5.41) is 1.00. The molecule has 0 N–H and O–H groups in total. The molecule has 0 atom stereocenters. The first-order chi connectivity index (χ1) is 14.4. The lowest BCUT2D eigenvalue weighted by molar-refractivity contribution is -0.137. The second-order valence-corrected chi connectivity index (χ2v) is 6.41. The first kappa shape index (κ1) is 21.2. The van der Waals surface area contributed by atoms with E-state index in [0.717, 1.165) is 28.3 Å². The van der Waals surface area contributed by atoms with Crippen LogP contribution in [0.1, 0.15) is 18.1 Å². The van der Waals surface area contributed by atoms with Crippen molar-refractivity contribution in [2.45, 2.75) is 19.6 Å². The number of nitrogens with zero attached hydrogens (tertiary/aromatic N) is 1. The third-order valence-corrected chi connectivity index (χ3v) is 4.42. The van der Waals surface area contributed by atoms with Gasteiger partial charge in [0.15, 0.2) is 0 Å². The number of carbonyl (C=O) groups is 1. The van der Waals surface area contributed by atoms with E-state index in [9.17, 15) is 18.0 Å². The van der Waals surface area contributed by atoms with Crippen molar-refractivity contribution in [3.8, 4) is 11.3 Å². The molecule has 0 spiro atoms. The lowest BCUT2D eigenvalue weighted by atomic mass is 10.1. The number of aromatic nitrogens is 1. The quantitative estimate of drug-likeness (QED) is 0.367. The molecular weight excluding hydrogens is 395 g/mol. The van der Waals surface area contributed by atoms with E-state index in [-0.39, 0.29) is 0 Å². The Morgan fingerprint density at radius 1 is 1.07 bits per heavy atom. The van der Waals surface area contributed by atoms with Gasteiger partial charge in [0.1, 0.15) is 5.76 Å². The van der Waals surface area contributed by atoms with Gasteiger partial charge in [-0.3, -0.25) is 4.79 Å². The van der Waals surface area contributed by atoms with Crippen LogP contribution in [0, 0.1) is 0 Å². The minimum absolute atomic E-state index is 0.352. The minimum atomic E-state index is -4.34. The molecule has 0 aliphatic carbocycles. The van der Waals surface area contributed by atoms with Crippen molar-refractivity contribution >= 4 is 17.4 Å². The summed E-state index contributed by atoms with van der Waals surface area (Å²) < 4.78 is 50.4. The predicted octanol–water partition coefficient (Wildman–Crippen LogP) is 6.15. The maximum atomic E-state index is 12.9. The number of carbonyl (C=O) groups excluding carboxylic acids is 1. The molecule has 7 heteroatoms. The normalized spacial score (nSPS) is 11.1. The molecule has 4 aromatic rings. The number of furan rings is 1. The van der Waals surface area contributed by atoms with Crippen molar-refractivity contribution < 1.29 is 27.1 Å². The summed E-state index contributed by atoms with van der Waals surface area (Å²) in [6.07, 6.45) is -0.813. The molecule has 0 radical (unpaired) electrons. The molecule has 156 valence electrons. The molecule has 0 amide bonds. The Morgan fingerprint density at radius 2 is 1.87 bits per heavy atom. The van der Waals surface area contributed by atoms with Crippen molar-refractivity contribution in [3.63, 3.8) is 0 Å². The lowest BCUT2D eigenvalue weighted by Crippen LogP contribution is -2.06. The van der Waals surface area contributed by atoms with Gasteiger partial charge >= 0.3 is 6.18 Å². The first-order valence-corrected chi connectivity index (χ1v) is 9.27. The summed E-state index contributed by atoms with van der Waals surface area (Å²) in [6, 6.07) is 16.9. The van der Waals surface area contributed by atoms with Gasteiger partial charge in [-0.2, -0.15) is 13.2 Å². The third-order valence-electron chi connectivity index (χ3n) is 4.42. The third kappa shape index (κ3) is 4.92. The van der Waals surface area contributed by atoms with Gasteiger partial charge in [0.25, 0.3) is 6.47 Å². The van der Waals surface area contributed by atoms with Gasteiger partial charge < -0.3 is 13.7 Å². The Kier molecular flexibility index (Phi) is 6.61. The number of para-hydroxylation sites is 1. The number of hydrogen-bond donors (Lipinski definition) is 0. The molecule has 0 bridgehead atoms. The molecule has 4 nitrogen and oxygen atoms in total. The van der Waals surface area contributed by atoms with Gasteiger partial charge in [-0.25, -0.2) is 0 Å². The summed E-state index contributed by atoms with van der Waals surface area (Å²) in [5.74, 6) is 0.735. The fourth-order valence-corrected chi connectivity index (χ4v) is 3.12. The van der Waals surface area contributed by atoms with Crippen LogP contribution in [0.3, 0.4) is 0 Å². The number of rotatable bonds is 5. The fourth-order valence-electron chi connectivity index (χ4n) is 3.12. The van der Waals surface area contributed by atoms with Crippen LogP contribution >= 0.6 is 0 Å². The maximum absolute atomic E-state index is 12.9. The molecule has 0 fully saturated rings. The smallest absolute Gasteiger partial charge is 0.416 e. The Labute approximate surface area is 171 Å². The Hall–Kier alpha value is -3.48. The highest BCUT2D eigenvalue weighted by Crippen LogP contribution is 2.33. The van der Waals surface area contributed by atoms with Gasteiger partial charge in [0.05, 0.1) is 18.4 Å². The van der Waals surface area contributed by atoms with Crippen molar-refractivity contribution in [3.05, 3.63) is 84.3 Å². The number of alkyl halides is 3. The largest absolute Gasteiger partial charge is 0.468 e. The van der Waals surface area contributed by atoms with E-state index >= 15 is 0 Å². The SMILES string of the molecule is CCOC=O.FC(F)(F)c1cccc(Cn2cc(-c3ccco3)c3ccccc32)c1. The Bertz CT molecular complexity index is 1100. The number of hydrogen-bond acceptors (Lipinski definition) is 3. The van der Waals surface area contributed by atoms with E-state index in [2.05, 4.69) is 4.74 Å². The molecule has 0 saturated carbocycles. The number of fused-ring (bicyclic) bond motifs is 1. The van der Waals surface area contributed by atoms with Crippen LogP contribution in [0.4, 0.5) is 13.2 Å². The molecule has 0 aliphatic heterocycles. The van der Waals surface area contributed by atoms with Crippen LogP contribution in [0.25, 0.3) is 22.2 Å². The highest BCUT2D eigenvalue weighted by Gasteiger charge is 2.30.